The standard InChI is InChI=1S/C19H18ClN3O/c20-18-9-4-3-6-15(18)12-19(24)21-13-16-7-1-2-8-17(16)14-23-11-5-10-22-23/h1-11H,12-14H2,(H,21,24). The second-order valence-electron chi connectivity index (χ2n) is 5.52. The van der Waals surface area contributed by atoms with E-state index in [1.807, 2.05) is 53.3 Å². The van der Waals surface area contributed by atoms with Crippen LogP contribution in [0.4, 0.5) is 0 Å². The molecule has 0 saturated carbocycles. The molecule has 1 N–H and O–H groups in total. The Hall–Kier alpha value is -2.59. The number of rotatable bonds is 6. The first-order chi connectivity index (χ1) is 11.7. The van der Waals surface area contributed by atoms with Crippen molar-refractivity contribution >= 4 is 17.5 Å². The van der Waals surface area contributed by atoms with E-state index < -0.39 is 0 Å². The van der Waals surface area contributed by atoms with Gasteiger partial charge in [-0.1, -0.05) is 54.1 Å². The van der Waals surface area contributed by atoms with Gasteiger partial charge in [-0.15, -0.1) is 0 Å². The van der Waals surface area contributed by atoms with Gasteiger partial charge in [0.1, 0.15) is 0 Å². The molecule has 122 valence electrons. The Morgan fingerprint density at radius 1 is 1.00 bits per heavy atom. The zero-order valence-corrected chi connectivity index (χ0v) is 13.9. The minimum Gasteiger partial charge on any atom is -0.352 e. The summed E-state index contributed by atoms with van der Waals surface area (Å²) in [5.41, 5.74) is 3.06. The zero-order chi connectivity index (χ0) is 16.8. The summed E-state index contributed by atoms with van der Waals surface area (Å²) in [6, 6.07) is 17.3. The van der Waals surface area contributed by atoms with Crippen LogP contribution in [-0.4, -0.2) is 15.7 Å². The zero-order valence-electron chi connectivity index (χ0n) is 13.2. The molecule has 1 aromatic heterocycles. The first kappa shape index (κ1) is 16.3. The number of nitrogens with one attached hydrogen (secondary N) is 1. The predicted octanol–water partition coefficient (Wildman–Crippen LogP) is 3.44. The van der Waals surface area contributed by atoms with Crippen molar-refractivity contribution in [1.82, 2.24) is 15.1 Å². The maximum absolute atomic E-state index is 12.2. The third-order valence-electron chi connectivity index (χ3n) is 3.79. The highest BCUT2D eigenvalue weighted by Gasteiger charge is 2.08. The van der Waals surface area contributed by atoms with Crippen molar-refractivity contribution < 1.29 is 4.79 Å². The number of carbonyl (C=O) groups excluding carboxylic acids is 1. The molecule has 1 heterocycles. The molecule has 0 bridgehead atoms. The van der Waals surface area contributed by atoms with E-state index >= 15 is 0 Å². The highest BCUT2D eigenvalue weighted by atomic mass is 35.5. The lowest BCUT2D eigenvalue weighted by Crippen LogP contribution is -2.25. The van der Waals surface area contributed by atoms with E-state index in [9.17, 15) is 4.79 Å². The van der Waals surface area contributed by atoms with Gasteiger partial charge >= 0.3 is 0 Å². The Labute approximate surface area is 146 Å². The van der Waals surface area contributed by atoms with E-state index in [0.717, 1.165) is 16.7 Å². The number of halogens is 1. The van der Waals surface area contributed by atoms with Gasteiger partial charge < -0.3 is 5.32 Å². The molecule has 0 spiro atoms. The molecule has 24 heavy (non-hydrogen) atoms. The summed E-state index contributed by atoms with van der Waals surface area (Å²) in [5.74, 6) is -0.0445. The summed E-state index contributed by atoms with van der Waals surface area (Å²) in [5, 5.41) is 7.81. The minimum absolute atomic E-state index is 0.0445. The van der Waals surface area contributed by atoms with Crippen LogP contribution >= 0.6 is 11.6 Å². The van der Waals surface area contributed by atoms with Gasteiger partial charge in [0.2, 0.25) is 5.91 Å². The van der Waals surface area contributed by atoms with Gasteiger partial charge in [-0.05, 0) is 28.8 Å². The van der Waals surface area contributed by atoms with Gasteiger partial charge in [-0.2, -0.15) is 5.10 Å². The third kappa shape index (κ3) is 4.24. The summed E-state index contributed by atoms with van der Waals surface area (Å²) in [6.07, 6.45) is 3.96. The number of hydrogen-bond donors (Lipinski definition) is 1. The lowest BCUT2D eigenvalue weighted by atomic mass is 10.1. The van der Waals surface area contributed by atoms with Crippen molar-refractivity contribution in [2.24, 2.45) is 0 Å². The Bertz CT molecular complexity index is 815. The molecule has 0 aliphatic carbocycles. The van der Waals surface area contributed by atoms with Crippen molar-refractivity contribution in [2.75, 3.05) is 0 Å². The van der Waals surface area contributed by atoms with Crippen LogP contribution in [0.2, 0.25) is 5.02 Å². The van der Waals surface area contributed by atoms with E-state index in [1.54, 1.807) is 12.3 Å². The molecule has 0 fully saturated rings. The van der Waals surface area contributed by atoms with E-state index in [0.29, 0.717) is 18.1 Å². The molecule has 2 aromatic carbocycles. The van der Waals surface area contributed by atoms with Crippen LogP contribution in [0.15, 0.2) is 67.0 Å². The van der Waals surface area contributed by atoms with Gasteiger partial charge in [-0.3, -0.25) is 9.48 Å². The van der Waals surface area contributed by atoms with Gasteiger partial charge in [0, 0.05) is 24.0 Å². The minimum atomic E-state index is -0.0445. The van der Waals surface area contributed by atoms with Crippen LogP contribution in [0.5, 0.6) is 0 Å². The number of benzene rings is 2. The van der Waals surface area contributed by atoms with E-state index in [4.69, 9.17) is 11.6 Å². The fourth-order valence-electron chi connectivity index (χ4n) is 2.52. The second kappa shape index (κ2) is 7.79. The maximum Gasteiger partial charge on any atom is 0.224 e. The molecule has 3 rings (SSSR count). The van der Waals surface area contributed by atoms with Crippen LogP contribution < -0.4 is 5.32 Å². The molecule has 5 heteroatoms. The molecular formula is C19H18ClN3O. The molecule has 0 radical (unpaired) electrons. The quantitative estimate of drug-likeness (QED) is 0.747. The Kier molecular flexibility index (Phi) is 5.29. The topological polar surface area (TPSA) is 46.9 Å². The van der Waals surface area contributed by atoms with Crippen LogP contribution in [0.25, 0.3) is 0 Å². The van der Waals surface area contributed by atoms with Crippen molar-refractivity contribution in [3.8, 4) is 0 Å². The van der Waals surface area contributed by atoms with Gasteiger partial charge in [-0.25, -0.2) is 0 Å². The first-order valence-electron chi connectivity index (χ1n) is 7.76. The first-order valence-corrected chi connectivity index (χ1v) is 8.14. The molecule has 3 aromatic rings. The Morgan fingerprint density at radius 3 is 2.42 bits per heavy atom. The number of hydrogen-bond acceptors (Lipinski definition) is 2. The Balaban J connectivity index is 1.62. The monoisotopic (exact) mass is 339 g/mol. The number of carbonyl (C=O) groups is 1. The van der Waals surface area contributed by atoms with Crippen LogP contribution in [-0.2, 0) is 24.3 Å². The van der Waals surface area contributed by atoms with Crippen molar-refractivity contribution in [3.63, 3.8) is 0 Å². The number of nitrogens with zero attached hydrogens (tertiary/aromatic N) is 2. The van der Waals surface area contributed by atoms with Gasteiger partial charge in [0.25, 0.3) is 0 Å². The van der Waals surface area contributed by atoms with E-state index in [1.165, 1.54) is 0 Å². The highest BCUT2D eigenvalue weighted by molar-refractivity contribution is 6.31. The summed E-state index contributed by atoms with van der Waals surface area (Å²) in [7, 11) is 0. The lowest BCUT2D eigenvalue weighted by Gasteiger charge is -2.11. The normalized spacial score (nSPS) is 10.5. The van der Waals surface area contributed by atoms with Crippen molar-refractivity contribution in [2.45, 2.75) is 19.5 Å². The number of aromatic nitrogens is 2. The summed E-state index contributed by atoms with van der Waals surface area (Å²) in [4.78, 5) is 12.2. The molecule has 0 atom stereocenters. The van der Waals surface area contributed by atoms with Crippen LogP contribution in [0.3, 0.4) is 0 Å². The SMILES string of the molecule is O=C(Cc1ccccc1Cl)NCc1ccccc1Cn1cccn1. The largest absolute Gasteiger partial charge is 0.352 e. The lowest BCUT2D eigenvalue weighted by molar-refractivity contribution is -0.120. The van der Waals surface area contributed by atoms with Gasteiger partial charge in [0.05, 0.1) is 13.0 Å². The summed E-state index contributed by atoms with van der Waals surface area (Å²) < 4.78 is 1.87. The van der Waals surface area contributed by atoms with Gasteiger partial charge in [0.15, 0.2) is 0 Å². The van der Waals surface area contributed by atoms with E-state index in [2.05, 4.69) is 16.5 Å². The molecule has 4 nitrogen and oxygen atoms in total. The van der Waals surface area contributed by atoms with Crippen LogP contribution in [0, 0.1) is 0 Å². The smallest absolute Gasteiger partial charge is 0.224 e. The fourth-order valence-corrected chi connectivity index (χ4v) is 2.73. The highest BCUT2D eigenvalue weighted by Crippen LogP contribution is 2.15. The average Bonchev–Trinajstić information content (AvgIpc) is 3.09. The Morgan fingerprint density at radius 2 is 1.71 bits per heavy atom. The van der Waals surface area contributed by atoms with Crippen molar-refractivity contribution in [1.29, 1.82) is 0 Å². The van der Waals surface area contributed by atoms with E-state index in [-0.39, 0.29) is 12.3 Å². The maximum atomic E-state index is 12.2. The molecule has 0 unspecified atom stereocenters. The molecule has 0 aliphatic heterocycles. The predicted molar refractivity (Wildman–Crippen MR) is 94.8 cm³/mol. The van der Waals surface area contributed by atoms with Crippen molar-refractivity contribution in [3.05, 3.63) is 88.7 Å². The number of amides is 1. The molecule has 0 aliphatic rings. The summed E-state index contributed by atoms with van der Waals surface area (Å²) >= 11 is 6.10. The second-order valence-corrected chi connectivity index (χ2v) is 5.92. The van der Waals surface area contributed by atoms with Crippen LogP contribution in [0.1, 0.15) is 16.7 Å². The summed E-state index contributed by atoms with van der Waals surface area (Å²) in [6.45, 7) is 1.17. The molecule has 0 saturated heterocycles. The molecule has 1 amide bonds. The average molecular weight is 340 g/mol. The fraction of sp³-hybridized carbons (Fsp3) is 0.158. The third-order valence-corrected chi connectivity index (χ3v) is 4.16. The molecular weight excluding hydrogens is 322 g/mol.